The number of hydrogen-bond donors (Lipinski definition) is 0. The minimum absolute atomic E-state index is 0.654. The molecule has 2 aliphatic carbocycles. The van der Waals surface area contributed by atoms with Crippen LogP contribution in [0.1, 0.15) is 79.9 Å². The van der Waals surface area contributed by atoms with Crippen molar-refractivity contribution in [2.24, 2.45) is 7.05 Å². The van der Waals surface area contributed by atoms with Gasteiger partial charge in [-0.3, -0.25) is 4.98 Å². The monoisotopic (exact) mass is 434 g/mol. The molecule has 0 aliphatic heterocycles. The summed E-state index contributed by atoms with van der Waals surface area (Å²) < 4.78 is 4.95. The molecule has 0 spiro atoms. The molecule has 166 valence electrons. The van der Waals surface area contributed by atoms with Gasteiger partial charge in [0.1, 0.15) is 5.52 Å². The molecule has 0 atom stereocenters. The molecule has 2 saturated carbocycles. The van der Waals surface area contributed by atoms with Gasteiger partial charge in [0.2, 0.25) is 0 Å². The molecule has 3 heteroatoms. The molecule has 0 bridgehead atoms. The maximum Gasteiger partial charge on any atom is 0.297 e. The van der Waals surface area contributed by atoms with E-state index in [9.17, 15) is 0 Å². The Balaban J connectivity index is 1.68. The van der Waals surface area contributed by atoms with Crippen LogP contribution in [0.15, 0.2) is 48.7 Å². The zero-order valence-corrected chi connectivity index (χ0v) is 19.8. The zero-order chi connectivity index (χ0) is 22.1. The highest BCUT2D eigenvalue weighted by Crippen LogP contribution is 2.42. The quantitative estimate of drug-likeness (QED) is 0.212. The lowest BCUT2D eigenvalue weighted by atomic mass is 9.92. The Hall–Kier alpha value is -2.94. The highest BCUT2D eigenvalue weighted by molar-refractivity contribution is 6.13. The molecule has 5 aromatic rings. The number of hydrogen-bond acceptors (Lipinski definition) is 1. The van der Waals surface area contributed by atoms with E-state index in [0.717, 1.165) is 5.92 Å². The van der Waals surface area contributed by atoms with Crippen LogP contribution in [-0.2, 0) is 7.05 Å². The van der Waals surface area contributed by atoms with Gasteiger partial charge < -0.3 is 0 Å². The van der Waals surface area contributed by atoms with E-state index >= 15 is 0 Å². The number of aryl methyl sites for hydroxylation is 2. The number of fused-ring (bicyclic) bond motifs is 8. The minimum atomic E-state index is 0.654. The van der Waals surface area contributed by atoms with E-state index < -0.39 is 0 Å². The Labute approximate surface area is 195 Å². The molecule has 2 fully saturated rings. The van der Waals surface area contributed by atoms with Crippen molar-refractivity contribution in [3.05, 3.63) is 65.4 Å². The van der Waals surface area contributed by atoms with Crippen molar-refractivity contribution in [2.75, 3.05) is 0 Å². The van der Waals surface area contributed by atoms with Gasteiger partial charge >= 0.3 is 0 Å². The first-order valence-electron chi connectivity index (χ1n) is 12.9. The van der Waals surface area contributed by atoms with Crippen LogP contribution in [0, 0.1) is 6.92 Å². The highest BCUT2D eigenvalue weighted by Gasteiger charge is 2.29. The van der Waals surface area contributed by atoms with Crippen molar-refractivity contribution in [1.82, 2.24) is 9.38 Å². The minimum Gasteiger partial charge on any atom is -0.255 e. The summed E-state index contributed by atoms with van der Waals surface area (Å²) in [5, 5.41) is 2.68. The third-order valence-electron chi connectivity index (χ3n) is 8.69. The first-order valence-corrected chi connectivity index (χ1v) is 12.9. The van der Waals surface area contributed by atoms with E-state index in [1.807, 2.05) is 6.20 Å². The normalized spacial score (nSPS) is 18.0. The molecule has 0 N–H and O–H groups in total. The lowest BCUT2D eigenvalue weighted by Gasteiger charge is -2.15. The summed E-state index contributed by atoms with van der Waals surface area (Å²) in [6.45, 7) is 2.25. The van der Waals surface area contributed by atoms with Crippen LogP contribution in [0.4, 0.5) is 0 Å². The average Bonchev–Trinajstić information content (AvgIpc) is 3.61. The predicted molar refractivity (Wildman–Crippen MR) is 136 cm³/mol. The lowest BCUT2D eigenvalue weighted by molar-refractivity contribution is -0.617. The second kappa shape index (κ2) is 7.28. The van der Waals surface area contributed by atoms with Crippen molar-refractivity contribution in [1.29, 1.82) is 0 Å². The van der Waals surface area contributed by atoms with Gasteiger partial charge in [0.15, 0.2) is 11.0 Å². The molecule has 7 rings (SSSR count). The Morgan fingerprint density at radius 2 is 1.61 bits per heavy atom. The number of rotatable bonds is 2. The van der Waals surface area contributed by atoms with Gasteiger partial charge in [0.05, 0.1) is 23.3 Å². The maximum atomic E-state index is 5.02. The second-order valence-electron chi connectivity index (χ2n) is 10.5. The van der Waals surface area contributed by atoms with Crippen molar-refractivity contribution in [3.8, 4) is 0 Å². The van der Waals surface area contributed by atoms with Crippen molar-refractivity contribution in [2.45, 2.75) is 70.1 Å². The van der Waals surface area contributed by atoms with Gasteiger partial charge in [-0.05, 0) is 85.4 Å². The zero-order valence-electron chi connectivity index (χ0n) is 19.8. The van der Waals surface area contributed by atoms with Crippen LogP contribution >= 0.6 is 0 Å². The van der Waals surface area contributed by atoms with E-state index in [1.54, 1.807) is 0 Å². The standard InChI is InChI=1S/C30H32N3/c1-19-16-17-31-29-27(19)30-32(2)24-15-14-22(20-8-3-4-9-20)18-26(24)33(30)25-13-7-12-23(28(25)29)21-10-5-6-11-21/h7,12-18,20-21H,3-6,8-11H2,1-2H3/q+1. The Kier molecular flexibility index (Phi) is 4.31. The summed E-state index contributed by atoms with van der Waals surface area (Å²) in [7, 11) is 2.23. The van der Waals surface area contributed by atoms with E-state index in [2.05, 4.69) is 65.4 Å². The number of benzene rings is 2. The van der Waals surface area contributed by atoms with Gasteiger partial charge in [0.25, 0.3) is 5.65 Å². The van der Waals surface area contributed by atoms with E-state index in [4.69, 9.17) is 4.98 Å². The summed E-state index contributed by atoms with van der Waals surface area (Å²) in [5.74, 6) is 1.37. The number of aromatic nitrogens is 3. The van der Waals surface area contributed by atoms with Crippen LogP contribution in [0.3, 0.4) is 0 Å². The highest BCUT2D eigenvalue weighted by atomic mass is 15.1. The topological polar surface area (TPSA) is 21.2 Å². The maximum absolute atomic E-state index is 5.02. The average molecular weight is 435 g/mol. The fraction of sp³-hybridized carbons (Fsp3) is 0.400. The smallest absolute Gasteiger partial charge is 0.255 e. The van der Waals surface area contributed by atoms with Crippen LogP contribution < -0.4 is 4.57 Å². The predicted octanol–water partition coefficient (Wildman–Crippen LogP) is 7.24. The fourth-order valence-electron chi connectivity index (χ4n) is 7.03. The third-order valence-corrected chi connectivity index (χ3v) is 8.69. The third kappa shape index (κ3) is 2.74. The molecule has 3 nitrogen and oxygen atoms in total. The van der Waals surface area contributed by atoms with Crippen molar-refractivity contribution in [3.63, 3.8) is 0 Å². The molecule has 0 amide bonds. The summed E-state index contributed by atoms with van der Waals surface area (Å²) in [5.41, 5.74) is 10.7. The SMILES string of the molecule is Cc1ccnc2c3c(C4CCCC4)cccc3n3c4cc(C5CCCC5)ccc4[n+](C)c3c12. The van der Waals surface area contributed by atoms with E-state index in [0.29, 0.717) is 5.92 Å². The van der Waals surface area contributed by atoms with Gasteiger partial charge in [0, 0.05) is 6.20 Å². The van der Waals surface area contributed by atoms with Gasteiger partial charge in [-0.25, -0.2) is 4.57 Å². The first kappa shape index (κ1) is 19.5. The summed E-state index contributed by atoms with van der Waals surface area (Å²) in [4.78, 5) is 5.02. The second-order valence-corrected chi connectivity index (χ2v) is 10.5. The molecule has 2 aliphatic rings. The Bertz CT molecular complexity index is 1550. The van der Waals surface area contributed by atoms with Crippen LogP contribution in [0.5, 0.6) is 0 Å². The van der Waals surface area contributed by atoms with Crippen LogP contribution in [0.25, 0.3) is 38.5 Å². The summed E-state index contributed by atoms with van der Waals surface area (Å²) in [6, 6.07) is 16.4. The molecular formula is C30H32N3+. The van der Waals surface area contributed by atoms with E-state index in [-0.39, 0.29) is 0 Å². The summed E-state index contributed by atoms with van der Waals surface area (Å²) in [6.07, 6.45) is 12.7. The summed E-state index contributed by atoms with van der Waals surface area (Å²) >= 11 is 0. The molecule has 0 saturated heterocycles. The molecule has 0 radical (unpaired) electrons. The Morgan fingerprint density at radius 1 is 0.848 bits per heavy atom. The molecule has 3 heterocycles. The van der Waals surface area contributed by atoms with Gasteiger partial charge in [-0.1, -0.05) is 43.9 Å². The largest absolute Gasteiger partial charge is 0.297 e. The van der Waals surface area contributed by atoms with Crippen molar-refractivity contribution < 1.29 is 4.57 Å². The van der Waals surface area contributed by atoms with Crippen LogP contribution in [0.2, 0.25) is 0 Å². The number of nitrogens with zero attached hydrogens (tertiary/aromatic N) is 3. The molecule has 3 aromatic heterocycles. The first-order chi connectivity index (χ1) is 16.2. The molecule has 2 aromatic carbocycles. The van der Waals surface area contributed by atoms with E-state index in [1.165, 1.54) is 107 Å². The van der Waals surface area contributed by atoms with Gasteiger partial charge in [-0.15, -0.1) is 0 Å². The van der Waals surface area contributed by atoms with Gasteiger partial charge in [-0.2, -0.15) is 4.40 Å². The Morgan fingerprint density at radius 3 is 2.39 bits per heavy atom. The molecule has 33 heavy (non-hydrogen) atoms. The molecule has 0 unspecified atom stereocenters. The molecular weight excluding hydrogens is 402 g/mol. The van der Waals surface area contributed by atoms with Crippen molar-refractivity contribution >= 4 is 38.5 Å². The fourth-order valence-corrected chi connectivity index (χ4v) is 7.03. The van der Waals surface area contributed by atoms with Crippen LogP contribution in [-0.4, -0.2) is 9.38 Å². The number of imidazole rings is 1. The number of pyridine rings is 2. The lowest BCUT2D eigenvalue weighted by Crippen LogP contribution is -2.27.